The molecule has 2 rings (SSSR count). The van der Waals surface area contributed by atoms with Gasteiger partial charge in [-0.05, 0) is 36.2 Å². The minimum absolute atomic E-state index is 0.552. The zero-order chi connectivity index (χ0) is 13.5. The minimum atomic E-state index is 0.552. The van der Waals surface area contributed by atoms with Crippen LogP contribution in [-0.4, -0.2) is 13.7 Å². The first-order valence-corrected chi connectivity index (χ1v) is 6.36. The van der Waals surface area contributed by atoms with Crippen molar-refractivity contribution in [2.45, 2.75) is 13.0 Å². The quantitative estimate of drug-likeness (QED) is 0.865. The predicted octanol–water partition coefficient (Wildman–Crippen LogP) is 2.78. The number of hydrogen-bond donors (Lipinski definition) is 1. The molecule has 0 unspecified atom stereocenters. The second-order valence-electron chi connectivity index (χ2n) is 4.32. The summed E-state index contributed by atoms with van der Waals surface area (Å²) in [5.41, 5.74) is 7.92. The lowest BCUT2D eigenvalue weighted by molar-refractivity contribution is 0.303. The van der Waals surface area contributed by atoms with E-state index in [0.29, 0.717) is 13.2 Å². The highest BCUT2D eigenvalue weighted by Gasteiger charge is 1.98. The molecule has 19 heavy (non-hydrogen) atoms. The third kappa shape index (κ3) is 4.00. The van der Waals surface area contributed by atoms with E-state index in [0.717, 1.165) is 23.5 Å². The van der Waals surface area contributed by atoms with E-state index in [4.69, 9.17) is 15.2 Å². The van der Waals surface area contributed by atoms with Gasteiger partial charge in [0.1, 0.15) is 18.1 Å². The van der Waals surface area contributed by atoms with Crippen LogP contribution in [0.2, 0.25) is 0 Å². The summed E-state index contributed by atoms with van der Waals surface area (Å²) in [7, 11) is 1.65. The molecule has 0 saturated heterocycles. The number of nitrogens with two attached hydrogens (primary N) is 1. The number of rotatable bonds is 6. The molecule has 0 saturated carbocycles. The van der Waals surface area contributed by atoms with Crippen LogP contribution in [0.1, 0.15) is 11.1 Å². The lowest BCUT2D eigenvalue weighted by Crippen LogP contribution is -2.03. The zero-order valence-electron chi connectivity index (χ0n) is 11.1. The van der Waals surface area contributed by atoms with E-state index >= 15 is 0 Å². The van der Waals surface area contributed by atoms with Crippen molar-refractivity contribution in [1.82, 2.24) is 0 Å². The second kappa shape index (κ2) is 6.81. The van der Waals surface area contributed by atoms with Crippen LogP contribution >= 0.6 is 0 Å². The van der Waals surface area contributed by atoms with Crippen LogP contribution in [0.3, 0.4) is 0 Å². The molecule has 0 aliphatic rings. The van der Waals surface area contributed by atoms with Crippen LogP contribution in [0, 0.1) is 0 Å². The van der Waals surface area contributed by atoms with Gasteiger partial charge < -0.3 is 15.2 Å². The average Bonchev–Trinajstić information content (AvgIpc) is 2.47. The Morgan fingerprint density at radius 2 is 1.63 bits per heavy atom. The van der Waals surface area contributed by atoms with Crippen molar-refractivity contribution in [3.05, 3.63) is 59.7 Å². The van der Waals surface area contributed by atoms with Crippen molar-refractivity contribution >= 4 is 0 Å². The molecule has 3 nitrogen and oxygen atoms in total. The number of ether oxygens (including phenoxy) is 2. The highest BCUT2D eigenvalue weighted by molar-refractivity contribution is 5.33. The van der Waals surface area contributed by atoms with E-state index in [1.807, 2.05) is 24.3 Å². The Hall–Kier alpha value is -2.00. The van der Waals surface area contributed by atoms with Gasteiger partial charge in [0.15, 0.2) is 0 Å². The Labute approximate surface area is 114 Å². The maximum absolute atomic E-state index is 5.73. The number of hydrogen-bond acceptors (Lipinski definition) is 3. The van der Waals surface area contributed by atoms with E-state index in [-0.39, 0.29) is 0 Å². The first-order chi connectivity index (χ1) is 9.31. The summed E-state index contributed by atoms with van der Waals surface area (Å²) in [6.07, 6.45) is 0.914. The summed E-state index contributed by atoms with van der Waals surface area (Å²) in [6, 6.07) is 16.0. The van der Waals surface area contributed by atoms with Gasteiger partial charge in [-0.3, -0.25) is 0 Å². The summed E-state index contributed by atoms with van der Waals surface area (Å²) in [6.45, 7) is 1.23. The molecule has 2 aromatic carbocycles. The molecule has 0 fully saturated rings. The molecule has 0 radical (unpaired) electrons. The molecule has 0 amide bonds. The van der Waals surface area contributed by atoms with E-state index in [9.17, 15) is 0 Å². The molecule has 3 heteroatoms. The molecular weight excluding hydrogens is 238 g/mol. The van der Waals surface area contributed by atoms with Crippen molar-refractivity contribution in [2.24, 2.45) is 5.73 Å². The SMILES string of the molecule is COc1cccc(OCc2ccc(CCN)cc2)c1. The van der Waals surface area contributed by atoms with Crippen LogP contribution in [-0.2, 0) is 13.0 Å². The second-order valence-corrected chi connectivity index (χ2v) is 4.32. The fourth-order valence-electron chi connectivity index (χ4n) is 1.83. The highest BCUT2D eigenvalue weighted by Crippen LogP contribution is 2.20. The summed E-state index contributed by atoms with van der Waals surface area (Å²) in [5.74, 6) is 1.61. The van der Waals surface area contributed by atoms with E-state index in [1.165, 1.54) is 5.56 Å². The van der Waals surface area contributed by atoms with Crippen LogP contribution in [0.5, 0.6) is 11.5 Å². The summed E-state index contributed by atoms with van der Waals surface area (Å²) < 4.78 is 10.9. The number of methoxy groups -OCH3 is 1. The standard InChI is InChI=1S/C16H19NO2/c1-18-15-3-2-4-16(11-15)19-12-14-7-5-13(6-8-14)9-10-17/h2-8,11H,9-10,12,17H2,1H3. The topological polar surface area (TPSA) is 44.5 Å². The third-order valence-corrected chi connectivity index (χ3v) is 2.90. The molecular formula is C16H19NO2. The smallest absolute Gasteiger partial charge is 0.123 e. The summed E-state index contributed by atoms with van der Waals surface area (Å²) in [4.78, 5) is 0. The van der Waals surface area contributed by atoms with Gasteiger partial charge in [-0.2, -0.15) is 0 Å². The molecule has 0 spiro atoms. The summed E-state index contributed by atoms with van der Waals surface area (Å²) >= 11 is 0. The Bertz CT molecular complexity index is 508. The van der Waals surface area contributed by atoms with Gasteiger partial charge in [-0.25, -0.2) is 0 Å². The lowest BCUT2D eigenvalue weighted by atomic mass is 10.1. The molecule has 2 aromatic rings. The van der Waals surface area contributed by atoms with Crippen molar-refractivity contribution in [3.8, 4) is 11.5 Å². The van der Waals surface area contributed by atoms with Crippen LogP contribution < -0.4 is 15.2 Å². The molecule has 0 aromatic heterocycles. The molecule has 2 N–H and O–H groups in total. The van der Waals surface area contributed by atoms with Crippen LogP contribution in [0.15, 0.2) is 48.5 Å². The molecule has 0 bridgehead atoms. The van der Waals surface area contributed by atoms with Crippen molar-refractivity contribution in [2.75, 3.05) is 13.7 Å². The van der Waals surface area contributed by atoms with Gasteiger partial charge in [0.2, 0.25) is 0 Å². The van der Waals surface area contributed by atoms with Gasteiger partial charge in [0.25, 0.3) is 0 Å². The van der Waals surface area contributed by atoms with E-state index < -0.39 is 0 Å². The maximum Gasteiger partial charge on any atom is 0.123 e. The summed E-state index contributed by atoms with van der Waals surface area (Å²) in [5, 5.41) is 0. The first kappa shape index (κ1) is 13.4. The van der Waals surface area contributed by atoms with Crippen molar-refractivity contribution in [3.63, 3.8) is 0 Å². The Kier molecular flexibility index (Phi) is 4.81. The first-order valence-electron chi connectivity index (χ1n) is 6.36. The van der Waals surface area contributed by atoms with E-state index in [1.54, 1.807) is 7.11 Å². The van der Waals surface area contributed by atoms with Crippen LogP contribution in [0.25, 0.3) is 0 Å². The number of benzene rings is 2. The maximum atomic E-state index is 5.73. The van der Waals surface area contributed by atoms with Crippen molar-refractivity contribution in [1.29, 1.82) is 0 Å². The van der Waals surface area contributed by atoms with Crippen LogP contribution in [0.4, 0.5) is 0 Å². The Morgan fingerprint density at radius 3 is 2.32 bits per heavy atom. The highest BCUT2D eigenvalue weighted by atomic mass is 16.5. The fourth-order valence-corrected chi connectivity index (χ4v) is 1.83. The predicted molar refractivity (Wildman–Crippen MR) is 76.5 cm³/mol. The molecule has 0 aliphatic carbocycles. The van der Waals surface area contributed by atoms with Gasteiger partial charge in [-0.15, -0.1) is 0 Å². The molecule has 0 aliphatic heterocycles. The van der Waals surface area contributed by atoms with Gasteiger partial charge >= 0.3 is 0 Å². The Balaban J connectivity index is 1.94. The van der Waals surface area contributed by atoms with Crippen molar-refractivity contribution < 1.29 is 9.47 Å². The Morgan fingerprint density at radius 1 is 0.947 bits per heavy atom. The zero-order valence-corrected chi connectivity index (χ0v) is 11.1. The molecule has 0 heterocycles. The molecule has 0 atom stereocenters. The minimum Gasteiger partial charge on any atom is -0.497 e. The van der Waals surface area contributed by atoms with Gasteiger partial charge in [-0.1, -0.05) is 30.3 Å². The monoisotopic (exact) mass is 257 g/mol. The molecule has 100 valence electrons. The fraction of sp³-hybridized carbons (Fsp3) is 0.250. The average molecular weight is 257 g/mol. The lowest BCUT2D eigenvalue weighted by Gasteiger charge is -2.08. The van der Waals surface area contributed by atoms with Gasteiger partial charge in [0, 0.05) is 6.07 Å². The largest absolute Gasteiger partial charge is 0.497 e. The third-order valence-electron chi connectivity index (χ3n) is 2.90. The van der Waals surface area contributed by atoms with Gasteiger partial charge in [0.05, 0.1) is 7.11 Å². The normalized spacial score (nSPS) is 10.2. The van der Waals surface area contributed by atoms with E-state index in [2.05, 4.69) is 24.3 Å².